The minimum absolute atomic E-state index is 0.0304. The number of ketones is 1. The molecule has 0 aliphatic carbocycles. The maximum absolute atomic E-state index is 12.4. The summed E-state index contributed by atoms with van der Waals surface area (Å²) in [6, 6.07) is 3.62. The molecule has 2 heterocycles. The van der Waals surface area contributed by atoms with E-state index in [9.17, 15) is 19.8 Å². The topological polar surface area (TPSA) is 97.0 Å². The van der Waals surface area contributed by atoms with Crippen molar-refractivity contribution in [3.05, 3.63) is 47.5 Å². The van der Waals surface area contributed by atoms with E-state index < -0.39 is 23.5 Å². The van der Waals surface area contributed by atoms with Gasteiger partial charge in [-0.25, -0.2) is 4.79 Å². The highest BCUT2D eigenvalue weighted by atomic mass is 16.5. The number of ether oxygens (including phenoxy) is 1. The molecule has 1 aromatic rings. The molecular formula is C20H26O6. The molecule has 1 aliphatic rings. The number of carbonyl (C=O) groups excluding carboxylic acids is 2. The van der Waals surface area contributed by atoms with Crippen molar-refractivity contribution in [2.75, 3.05) is 7.11 Å². The second kappa shape index (κ2) is 8.01. The van der Waals surface area contributed by atoms with Crippen LogP contribution in [0.2, 0.25) is 0 Å². The van der Waals surface area contributed by atoms with Gasteiger partial charge < -0.3 is 19.4 Å². The Morgan fingerprint density at radius 3 is 2.62 bits per heavy atom. The number of furan rings is 1. The van der Waals surface area contributed by atoms with E-state index in [4.69, 9.17) is 9.15 Å². The number of carbonyl (C=O) groups is 2. The van der Waals surface area contributed by atoms with Gasteiger partial charge in [0.05, 0.1) is 18.3 Å². The lowest BCUT2D eigenvalue weighted by molar-refractivity contribution is -0.140. The first-order valence-electron chi connectivity index (χ1n) is 8.57. The van der Waals surface area contributed by atoms with E-state index in [0.717, 1.165) is 11.3 Å². The molecule has 0 fully saturated rings. The molecule has 2 rings (SSSR count). The maximum Gasteiger partial charge on any atom is 0.336 e. The largest absolute Gasteiger partial charge is 0.466 e. The second-order valence-corrected chi connectivity index (χ2v) is 7.22. The molecule has 2 N–H and O–H groups in total. The van der Waals surface area contributed by atoms with Crippen molar-refractivity contribution in [1.82, 2.24) is 0 Å². The predicted molar refractivity (Wildman–Crippen MR) is 95.4 cm³/mol. The number of hydrogen-bond donors (Lipinski definition) is 2. The molecule has 0 saturated carbocycles. The van der Waals surface area contributed by atoms with E-state index in [-0.39, 0.29) is 24.3 Å². The number of methoxy groups -OCH3 is 1. The van der Waals surface area contributed by atoms with Gasteiger partial charge >= 0.3 is 5.97 Å². The highest BCUT2D eigenvalue weighted by molar-refractivity contribution is 5.99. The van der Waals surface area contributed by atoms with Crippen LogP contribution in [-0.2, 0) is 27.2 Å². The Morgan fingerprint density at radius 1 is 1.35 bits per heavy atom. The summed E-state index contributed by atoms with van der Waals surface area (Å²) in [5.41, 5.74) is -0.625. The summed E-state index contributed by atoms with van der Waals surface area (Å²) >= 11 is 0. The van der Waals surface area contributed by atoms with E-state index >= 15 is 0 Å². The Kier molecular flexibility index (Phi) is 6.21. The van der Waals surface area contributed by atoms with Crippen LogP contribution in [0.1, 0.15) is 38.2 Å². The van der Waals surface area contributed by atoms with Crippen LogP contribution in [0.4, 0.5) is 0 Å². The molecule has 0 spiro atoms. The first-order chi connectivity index (χ1) is 12.1. The molecule has 3 unspecified atom stereocenters. The van der Waals surface area contributed by atoms with Gasteiger partial charge in [-0.2, -0.15) is 0 Å². The Labute approximate surface area is 153 Å². The van der Waals surface area contributed by atoms with Gasteiger partial charge in [0.2, 0.25) is 0 Å². The van der Waals surface area contributed by atoms with Gasteiger partial charge in [-0.05, 0) is 38.3 Å². The normalized spacial score (nSPS) is 29.6. The summed E-state index contributed by atoms with van der Waals surface area (Å²) in [4.78, 5) is 24.5. The van der Waals surface area contributed by atoms with E-state index in [1.807, 2.05) is 13.0 Å². The fourth-order valence-corrected chi connectivity index (χ4v) is 3.11. The van der Waals surface area contributed by atoms with Crippen molar-refractivity contribution in [1.29, 1.82) is 0 Å². The van der Waals surface area contributed by atoms with Crippen molar-refractivity contribution >= 4 is 11.8 Å². The number of aliphatic hydroxyl groups is 2. The molecular weight excluding hydrogens is 336 g/mol. The van der Waals surface area contributed by atoms with E-state index in [2.05, 4.69) is 6.58 Å². The van der Waals surface area contributed by atoms with Crippen LogP contribution in [0, 0.1) is 5.92 Å². The van der Waals surface area contributed by atoms with Gasteiger partial charge in [-0.15, -0.1) is 0 Å². The molecule has 1 aromatic heterocycles. The third kappa shape index (κ3) is 4.93. The van der Waals surface area contributed by atoms with Crippen molar-refractivity contribution < 1.29 is 29.0 Å². The first kappa shape index (κ1) is 20.1. The highest BCUT2D eigenvalue weighted by Crippen LogP contribution is 2.27. The number of hydrogen-bond acceptors (Lipinski definition) is 6. The molecule has 0 aromatic carbocycles. The van der Waals surface area contributed by atoms with Crippen LogP contribution in [-0.4, -0.2) is 40.8 Å². The molecule has 0 amide bonds. The summed E-state index contributed by atoms with van der Waals surface area (Å²) in [5, 5.41) is 20.9. The van der Waals surface area contributed by atoms with Gasteiger partial charge in [0.15, 0.2) is 5.78 Å². The average Bonchev–Trinajstić information content (AvgIpc) is 2.98. The molecule has 0 saturated heterocycles. The molecule has 6 nitrogen and oxygen atoms in total. The number of aliphatic hydroxyl groups excluding tert-OH is 1. The van der Waals surface area contributed by atoms with Crippen LogP contribution in [0.5, 0.6) is 0 Å². The Bertz CT molecular complexity index is 724. The maximum atomic E-state index is 12.4. The van der Waals surface area contributed by atoms with Gasteiger partial charge in [0.1, 0.15) is 17.6 Å². The Hall–Kier alpha value is -2.18. The standard InChI is InChI=1S/C20H26O6/c1-12(2)13-5-8-16(19(23)25-4)18(22)17(21)11-20(3,24)10-15-7-6-14(9-13)26-15/h6-8,13,18,22,24H,1,5,9-11H2,2-4H3/b16-8+. The molecule has 2 bridgehead atoms. The Morgan fingerprint density at radius 2 is 2.00 bits per heavy atom. The number of allylic oxidation sites excluding steroid dienone is 2. The minimum Gasteiger partial charge on any atom is -0.466 e. The van der Waals surface area contributed by atoms with Crippen LogP contribution >= 0.6 is 0 Å². The van der Waals surface area contributed by atoms with Crippen LogP contribution in [0.25, 0.3) is 0 Å². The number of rotatable bonds is 2. The predicted octanol–water partition coefficient (Wildman–Crippen LogP) is 2.13. The van der Waals surface area contributed by atoms with Crippen LogP contribution < -0.4 is 0 Å². The number of fused-ring (bicyclic) bond motifs is 2. The van der Waals surface area contributed by atoms with Crippen LogP contribution in [0.3, 0.4) is 0 Å². The molecule has 26 heavy (non-hydrogen) atoms. The minimum atomic E-state index is -1.65. The summed E-state index contributed by atoms with van der Waals surface area (Å²) in [6.07, 6.45) is 0.641. The zero-order valence-corrected chi connectivity index (χ0v) is 15.4. The molecule has 6 heteroatoms. The average molecular weight is 362 g/mol. The SMILES string of the molecule is C=C(C)C1C/C=C(/C(=O)OC)C(O)C(=O)CC(C)(O)Cc2ccc(o2)C1. The smallest absolute Gasteiger partial charge is 0.336 e. The summed E-state index contributed by atoms with van der Waals surface area (Å²) in [7, 11) is 1.19. The highest BCUT2D eigenvalue weighted by Gasteiger charge is 2.33. The molecule has 3 atom stereocenters. The first-order valence-corrected chi connectivity index (χ1v) is 8.57. The van der Waals surface area contributed by atoms with Gasteiger partial charge in [-0.1, -0.05) is 18.2 Å². The van der Waals surface area contributed by atoms with E-state index in [1.165, 1.54) is 20.1 Å². The van der Waals surface area contributed by atoms with Gasteiger partial charge in [-0.3, -0.25) is 4.79 Å². The van der Waals surface area contributed by atoms with Crippen LogP contribution in [0.15, 0.2) is 40.4 Å². The molecule has 1 aliphatic heterocycles. The monoisotopic (exact) mass is 362 g/mol. The summed E-state index contributed by atoms with van der Waals surface area (Å²) in [5.74, 6) is -0.140. The van der Waals surface area contributed by atoms with E-state index in [0.29, 0.717) is 18.6 Å². The fraction of sp³-hybridized carbons (Fsp3) is 0.500. The second-order valence-electron chi connectivity index (χ2n) is 7.22. The fourth-order valence-electron chi connectivity index (χ4n) is 3.11. The van der Waals surface area contributed by atoms with E-state index in [1.54, 1.807) is 6.07 Å². The van der Waals surface area contributed by atoms with Crippen molar-refractivity contribution in [3.8, 4) is 0 Å². The van der Waals surface area contributed by atoms with Gasteiger partial charge in [0.25, 0.3) is 0 Å². The molecule has 0 radical (unpaired) electrons. The molecule has 142 valence electrons. The number of Topliss-reactive ketones (excluding diaryl/α,β-unsaturated/α-hetero) is 1. The Balaban J connectivity index is 2.45. The summed E-state index contributed by atoms with van der Waals surface area (Å²) < 4.78 is 10.5. The van der Waals surface area contributed by atoms with Gasteiger partial charge in [0, 0.05) is 19.3 Å². The number of esters is 1. The van der Waals surface area contributed by atoms with Crippen molar-refractivity contribution in [2.24, 2.45) is 5.92 Å². The van der Waals surface area contributed by atoms with Crippen molar-refractivity contribution in [3.63, 3.8) is 0 Å². The third-order valence-corrected chi connectivity index (χ3v) is 4.61. The lowest BCUT2D eigenvalue weighted by atomic mass is 9.88. The zero-order chi connectivity index (χ0) is 19.5. The third-order valence-electron chi connectivity index (χ3n) is 4.61. The van der Waals surface area contributed by atoms with Crippen molar-refractivity contribution in [2.45, 2.75) is 51.2 Å². The summed E-state index contributed by atoms with van der Waals surface area (Å²) in [6.45, 7) is 7.36. The zero-order valence-electron chi connectivity index (χ0n) is 15.4. The lowest BCUT2D eigenvalue weighted by Crippen LogP contribution is -2.37. The quantitative estimate of drug-likeness (QED) is 0.618. The lowest BCUT2D eigenvalue weighted by Gasteiger charge is -2.23.